The highest BCUT2D eigenvalue weighted by Gasteiger charge is 2.25. The Hall–Kier alpha value is -1.56. The first kappa shape index (κ1) is 14.8. The van der Waals surface area contributed by atoms with E-state index in [9.17, 15) is 9.90 Å². The monoisotopic (exact) mass is 280 g/mol. The van der Waals surface area contributed by atoms with E-state index in [1.165, 1.54) is 5.56 Å². The molecule has 1 aliphatic rings. The number of aliphatic hydroxyl groups excluding tert-OH is 1. The van der Waals surface area contributed by atoms with Gasteiger partial charge < -0.3 is 15.3 Å². The molecule has 1 saturated heterocycles. The lowest BCUT2D eigenvalue weighted by molar-refractivity contribution is 0.108. The predicted molar refractivity (Wildman–Crippen MR) is 76.6 cm³/mol. The summed E-state index contributed by atoms with van der Waals surface area (Å²) < 4.78 is 0. The minimum atomic E-state index is -0.0671. The lowest BCUT2D eigenvalue weighted by atomic mass is 10.0. The van der Waals surface area contributed by atoms with Crippen molar-refractivity contribution in [1.29, 1.82) is 0 Å². The number of H-pyrrole nitrogens is 1. The number of nitrogens with zero attached hydrogens (tertiary/aromatic N) is 2. The molecule has 6 heteroatoms. The molecule has 1 aromatic heterocycles. The molecular weight excluding hydrogens is 256 g/mol. The van der Waals surface area contributed by atoms with Crippen LogP contribution >= 0.6 is 0 Å². The van der Waals surface area contributed by atoms with Gasteiger partial charge in [0.05, 0.1) is 18.3 Å². The van der Waals surface area contributed by atoms with E-state index in [1.54, 1.807) is 4.90 Å². The third-order valence-electron chi connectivity index (χ3n) is 4.03. The maximum absolute atomic E-state index is 12.1. The van der Waals surface area contributed by atoms with Gasteiger partial charge in [-0.3, -0.25) is 5.10 Å². The van der Waals surface area contributed by atoms with E-state index in [4.69, 9.17) is 0 Å². The molecule has 2 rings (SSSR count). The fourth-order valence-corrected chi connectivity index (χ4v) is 2.80. The van der Waals surface area contributed by atoms with Crippen LogP contribution in [0.4, 0.5) is 4.79 Å². The number of rotatable bonds is 4. The van der Waals surface area contributed by atoms with Crippen LogP contribution in [0.25, 0.3) is 0 Å². The van der Waals surface area contributed by atoms with E-state index >= 15 is 0 Å². The van der Waals surface area contributed by atoms with E-state index in [2.05, 4.69) is 15.5 Å². The summed E-state index contributed by atoms with van der Waals surface area (Å²) in [6.45, 7) is 5.33. The second-order valence-corrected chi connectivity index (χ2v) is 5.42. The normalized spacial score (nSPS) is 19.1. The second-order valence-electron chi connectivity index (χ2n) is 5.42. The molecule has 0 spiro atoms. The molecule has 20 heavy (non-hydrogen) atoms. The zero-order chi connectivity index (χ0) is 14.5. The van der Waals surface area contributed by atoms with Gasteiger partial charge in [0, 0.05) is 18.8 Å². The number of nitrogens with one attached hydrogen (secondary N) is 2. The van der Waals surface area contributed by atoms with Crippen molar-refractivity contribution in [2.24, 2.45) is 0 Å². The Labute approximate surface area is 119 Å². The third kappa shape index (κ3) is 3.30. The lowest BCUT2D eigenvalue weighted by Gasteiger charge is -2.34. The molecule has 1 aromatic rings. The van der Waals surface area contributed by atoms with Crippen molar-refractivity contribution in [2.45, 2.75) is 45.6 Å². The number of carbonyl (C=O) groups excluding carboxylic acids is 1. The van der Waals surface area contributed by atoms with E-state index in [0.717, 1.165) is 43.6 Å². The van der Waals surface area contributed by atoms with Crippen LogP contribution in [-0.4, -0.2) is 52.0 Å². The highest BCUT2D eigenvalue weighted by atomic mass is 16.3. The molecule has 112 valence electrons. The van der Waals surface area contributed by atoms with Gasteiger partial charge in [0.2, 0.25) is 0 Å². The fraction of sp³-hybridized carbons (Fsp3) is 0.714. The van der Waals surface area contributed by atoms with Gasteiger partial charge in [0.15, 0.2) is 0 Å². The standard InChI is InChI=1S/C14H24N4O2/c1-10-13(11(2)17-16-10)6-7-15-14(20)18-8-4-3-5-12(18)9-19/h12,19H,3-9H2,1-2H3,(H,15,20)(H,16,17)/t12-/m1/s1. The highest BCUT2D eigenvalue weighted by molar-refractivity contribution is 5.74. The van der Waals surface area contributed by atoms with Crippen molar-refractivity contribution in [3.05, 3.63) is 17.0 Å². The topological polar surface area (TPSA) is 81.2 Å². The van der Waals surface area contributed by atoms with E-state index in [0.29, 0.717) is 6.54 Å². The Morgan fingerprint density at radius 3 is 2.95 bits per heavy atom. The summed E-state index contributed by atoms with van der Waals surface area (Å²) in [7, 11) is 0. The molecule has 3 N–H and O–H groups in total. The number of likely N-dealkylation sites (tertiary alicyclic amines) is 1. The van der Waals surface area contributed by atoms with E-state index < -0.39 is 0 Å². The SMILES string of the molecule is Cc1n[nH]c(C)c1CCNC(=O)N1CCCC[C@@H]1CO. The molecular formula is C14H24N4O2. The van der Waals surface area contributed by atoms with Crippen LogP contribution in [0.5, 0.6) is 0 Å². The number of amides is 2. The molecule has 0 bridgehead atoms. The number of aromatic amines is 1. The van der Waals surface area contributed by atoms with Crippen LogP contribution < -0.4 is 5.32 Å². The maximum atomic E-state index is 12.1. The van der Waals surface area contributed by atoms with Crippen LogP contribution in [0.2, 0.25) is 0 Å². The molecule has 1 aliphatic heterocycles. The molecule has 0 saturated carbocycles. The summed E-state index contributed by atoms with van der Waals surface area (Å²) >= 11 is 0. The quantitative estimate of drug-likeness (QED) is 0.773. The minimum Gasteiger partial charge on any atom is -0.394 e. The number of aliphatic hydroxyl groups is 1. The maximum Gasteiger partial charge on any atom is 0.317 e. The second kappa shape index (κ2) is 6.74. The van der Waals surface area contributed by atoms with E-state index in [1.807, 2.05) is 13.8 Å². The van der Waals surface area contributed by atoms with Gasteiger partial charge in [0.1, 0.15) is 0 Å². The zero-order valence-corrected chi connectivity index (χ0v) is 12.3. The van der Waals surface area contributed by atoms with Crippen molar-refractivity contribution in [2.75, 3.05) is 19.7 Å². The summed E-state index contributed by atoms with van der Waals surface area (Å²) in [5.41, 5.74) is 3.22. The fourth-order valence-electron chi connectivity index (χ4n) is 2.80. The molecule has 6 nitrogen and oxygen atoms in total. The van der Waals surface area contributed by atoms with Gasteiger partial charge in [-0.15, -0.1) is 0 Å². The lowest BCUT2D eigenvalue weighted by Crippen LogP contribution is -2.50. The Morgan fingerprint density at radius 1 is 1.50 bits per heavy atom. The summed E-state index contributed by atoms with van der Waals surface area (Å²) in [5, 5.41) is 19.4. The molecule has 0 aliphatic carbocycles. The summed E-state index contributed by atoms with van der Waals surface area (Å²) in [5.74, 6) is 0. The zero-order valence-electron chi connectivity index (χ0n) is 12.3. The molecule has 0 radical (unpaired) electrons. The summed E-state index contributed by atoms with van der Waals surface area (Å²) in [4.78, 5) is 13.9. The van der Waals surface area contributed by atoms with Crippen molar-refractivity contribution in [3.63, 3.8) is 0 Å². The highest BCUT2D eigenvalue weighted by Crippen LogP contribution is 2.16. The average molecular weight is 280 g/mol. The Bertz CT molecular complexity index is 439. The summed E-state index contributed by atoms with van der Waals surface area (Å²) in [6, 6.07) is -0.0938. The number of hydrogen-bond acceptors (Lipinski definition) is 3. The predicted octanol–water partition coefficient (Wildman–Crippen LogP) is 1.13. The van der Waals surface area contributed by atoms with Crippen LogP contribution in [0.1, 0.15) is 36.2 Å². The summed E-state index contributed by atoms with van der Waals surface area (Å²) in [6.07, 6.45) is 3.77. The molecule has 0 unspecified atom stereocenters. The van der Waals surface area contributed by atoms with Crippen molar-refractivity contribution in [3.8, 4) is 0 Å². The van der Waals surface area contributed by atoms with Crippen LogP contribution in [0.15, 0.2) is 0 Å². The minimum absolute atomic E-state index is 0.0267. The van der Waals surface area contributed by atoms with Gasteiger partial charge in [0.25, 0.3) is 0 Å². The molecule has 0 aromatic carbocycles. The van der Waals surface area contributed by atoms with Crippen LogP contribution in [0, 0.1) is 13.8 Å². The van der Waals surface area contributed by atoms with Crippen LogP contribution in [0.3, 0.4) is 0 Å². The molecule has 1 fully saturated rings. The Morgan fingerprint density at radius 2 is 2.30 bits per heavy atom. The first-order chi connectivity index (χ1) is 9.63. The molecule has 2 heterocycles. The first-order valence-corrected chi connectivity index (χ1v) is 7.29. The molecule has 2 amide bonds. The third-order valence-corrected chi connectivity index (χ3v) is 4.03. The number of hydrogen-bond donors (Lipinski definition) is 3. The number of urea groups is 1. The number of piperidine rings is 1. The van der Waals surface area contributed by atoms with Gasteiger partial charge in [-0.1, -0.05) is 0 Å². The van der Waals surface area contributed by atoms with Crippen molar-refractivity contribution in [1.82, 2.24) is 20.4 Å². The smallest absolute Gasteiger partial charge is 0.317 e. The molecule has 1 atom stereocenters. The van der Waals surface area contributed by atoms with Crippen molar-refractivity contribution < 1.29 is 9.90 Å². The first-order valence-electron chi connectivity index (χ1n) is 7.29. The average Bonchev–Trinajstić information content (AvgIpc) is 2.78. The number of aryl methyl sites for hydroxylation is 2. The number of aromatic nitrogens is 2. The van der Waals surface area contributed by atoms with E-state index in [-0.39, 0.29) is 18.7 Å². The van der Waals surface area contributed by atoms with Gasteiger partial charge in [-0.2, -0.15) is 5.10 Å². The van der Waals surface area contributed by atoms with Gasteiger partial charge >= 0.3 is 6.03 Å². The van der Waals surface area contributed by atoms with Crippen molar-refractivity contribution >= 4 is 6.03 Å². The van der Waals surface area contributed by atoms with Gasteiger partial charge in [-0.05, 0) is 45.1 Å². The Kier molecular flexibility index (Phi) is 5.00. The largest absolute Gasteiger partial charge is 0.394 e. The number of carbonyl (C=O) groups is 1. The van der Waals surface area contributed by atoms with Crippen LogP contribution in [-0.2, 0) is 6.42 Å². The Balaban J connectivity index is 1.83. The van der Waals surface area contributed by atoms with Gasteiger partial charge in [-0.25, -0.2) is 4.79 Å².